The maximum absolute atomic E-state index is 12.4. The zero-order chi connectivity index (χ0) is 19.1. The number of thioether (sulfide) groups is 1. The Bertz CT molecular complexity index is 967. The van der Waals surface area contributed by atoms with Crippen molar-refractivity contribution in [1.82, 2.24) is 4.57 Å². The summed E-state index contributed by atoms with van der Waals surface area (Å²) in [6.45, 7) is 3.86. The van der Waals surface area contributed by atoms with E-state index in [2.05, 4.69) is 17.1 Å². The van der Waals surface area contributed by atoms with E-state index in [1.807, 2.05) is 47.9 Å². The molecule has 0 unspecified atom stereocenters. The summed E-state index contributed by atoms with van der Waals surface area (Å²) < 4.78 is 8.53. The van der Waals surface area contributed by atoms with E-state index in [0.717, 1.165) is 16.0 Å². The lowest BCUT2D eigenvalue weighted by atomic mass is 10.2. The number of amides is 1. The van der Waals surface area contributed by atoms with Crippen LogP contribution < -0.4 is 4.80 Å². The van der Waals surface area contributed by atoms with Gasteiger partial charge in [0.15, 0.2) is 4.80 Å². The van der Waals surface area contributed by atoms with Crippen LogP contribution in [0.3, 0.4) is 0 Å². The number of halogens is 1. The smallest absolute Gasteiger partial charge is 0.258 e. The quantitative estimate of drug-likeness (QED) is 0.494. The second-order valence-electron chi connectivity index (χ2n) is 5.83. The van der Waals surface area contributed by atoms with Crippen LogP contribution in [0.25, 0.3) is 10.2 Å². The van der Waals surface area contributed by atoms with Crippen LogP contribution in [0.5, 0.6) is 0 Å². The number of thiazole rings is 1. The van der Waals surface area contributed by atoms with Crippen LogP contribution in [0.1, 0.15) is 12.5 Å². The number of nitrogens with zero attached hydrogens (tertiary/aromatic N) is 2. The molecule has 0 saturated heterocycles. The van der Waals surface area contributed by atoms with Crippen molar-refractivity contribution in [3.05, 3.63) is 63.9 Å². The van der Waals surface area contributed by atoms with Crippen molar-refractivity contribution in [1.29, 1.82) is 0 Å². The van der Waals surface area contributed by atoms with E-state index in [9.17, 15) is 4.79 Å². The van der Waals surface area contributed by atoms with Gasteiger partial charge in [-0.3, -0.25) is 4.79 Å². The van der Waals surface area contributed by atoms with Gasteiger partial charge < -0.3 is 9.30 Å². The number of aromatic nitrogens is 1. The Kier molecular flexibility index (Phi) is 7.52. The SMILES string of the molecule is CCOCCn1c(=NC(=O)CSCc2ccccc2)sc2cc(Cl)ccc21. The Labute approximate surface area is 171 Å². The molecule has 0 bridgehead atoms. The van der Waals surface area contributed by atoms with Gasteiger partial charge >= 0.3 is 0 Å². The zero-order valence-corrected chi connectivity index (χ0v) is 17.4. The molecule has 27 heavy (non-hydrogen) atoms. The molecule has 1 amide bonds. The van der Waals surface area contributed by atoms with Crippen molar-refractivity contribution in [3.63, 3.8) is 0 Å². The summed E-state index contributed by atoms with van der Waals surface area (Å²) in [5, 5.41) is 0.678. The molecule has 7 heteroatoms. The van der Waals surface area contributed by atoms with Gasteiger partial charge in [0.25, 0.3) is 5.91 Å². The summed E-state index contributed by atoms with van der Waals surface area (Å²) >= 11 is 9.17. The normalized spacial score (nSPS) is 12.0. The fraction of sp³-hybridized carbons (Fsp3) is 0.300. The lowest BCUT2D eigenvalue weighted by Crippen LogP contribution is -2.20. The van der Waals surface area contributed by atoms with Crippen LogP contribution in [0, 0.1) is 0 Å². The van der Waals surface area contributed by atoms with Gasteiger partial charge in [-0.15, -0.1) is 11.8 Å². The minimum absolute atomic E-state index is 0.126. The Hall–Kier alpha value is -1.60. The van der Waals surface area contributed by atoms with Crippen molar-refractivity contribution in [2.24, 2.45) is 4.99 Å². The van der Waals surface area contributed by atoms with E-state index in [1.54, 1.807) is 11.8 Å². The summed E-state index contributed by atoms with van der Waals surface area (Å²) in [5.74, 6) is 1.03. The second-order valence-corrected chi connectivity index (χ2v) is 8.26. The zero-order valence-electron chi connectivity index (χ0n) is 15.1. The molecule has 2 aromatic carbocycles. The lowest BCUT2D eigenvalue weighted by molar-refractivity contribution is -0.115. The molecule has 0 atom stereocenters. The average Bonchev–Trinajstić information content (AvgIpc) is 2.99. The van der Waals surface area contributed by atoms with Crippen molar-refractivity contribution in [2.75, 3.05) is 19.0 Å². The summed E-state index contributed by atoms with van der Waals surface area (Å²) in [6, 6.07) is 15.9. The largest absolute Gasteiger partial charge is 0.380 e. The van der Waals surface area contributed by atoms with Crippen molar-refractivity contribution >= 4 is 50.8 Å². The number of rotatable bonds is 8. The second kappa shape index (κ2) is 10.1. The molecule has 0 aliphatic heterocycles. The first kappa shape index (κ1) is 20.1. The number of ether oxygens (including phenoxy) is 1. The minimum atomic E-state index is -0.126. The highest BCUT2D eigenvalue weighted by molar-refractivity contribution is 7.99. The van der Waals surface area contributed by atoms with Gasteiger partial charge in [0, 0.05) is 23.9 Å². The minimum Gasteiger partial charge on any atom is -0.380 e. The molecule has 0 spiro atoms. The Balaban J connectivity index is 1.76. The molecule has 1 aromatic heterocycles. The number of carbonyl (C=O) groups excluding carboxylic acids is 1. The first-order valence-corrected chi connectivity index (χ1v) is 11.1. The number of carbonyl (C=O) groups is 1. The van der Waals surface area contributed by atoms with Gasteiger partial charge in [-0.2, -0.15) is 4.99 Å². The fourth-order valence-corrected chi connectivity index (χ4v) is 4.74. The Morgan fingerprint density at radius 2 is 2.07 bits per heavy atom. The van der Waals surface area contributed by atoms with Gasteiger partial charge in [-0.05, 0) is 30.7 Å². The van der Waals surface area contributed by atoms with Crippen LogP contribution in [0.15, 0.2) is 53.5 Å². The number of fused-ring (bicyclic) bond motifs is 1. The first-order chi connectivity index (χ1) is 13.2. The van der Waals surface area contributed by atoms with Crippen LogP contribution in [-0.4, -0.2) is 29.4 Å². The molecular weight excluding hydrogens is 400 g/mol. The third-order valence-corrected chi connectivity index (χ3v) is 6.13. The molecule has 142 valence electrons. The third kappa shape index (κ3) is 5.69. The van der Waals surface area contributed by atoms with Crippen molar-refractivity contribution in [2.45, 2.75) is 19.2 Å². The number of hydrogen-bond acceptors (Lipinski definition) is 4. The van der Waals surface area contributed by atoms with Crippen LogP contribution in [0.2, 0.25) is 5.02 Å². The maximum Gasteiger partial charge on any atom is 0.258 e. The first-order valence-electron chi connectivity index (χ1n) is 8.73. The van der Waals surface area contributed by atoms with Gasteiger partial charge in [0.2, 0.25) is 0 Å². The molecular formula is C20H21ClN2O2S2. The summed E-state index contributed by atoms with van der Waals surface area (Å²) in [7, 11) is 0. The Morgan fingerprint density at radius 1 is 1.26 bits per heavy atom. The molecule has 0 N–H and O–H groups in total. The van der Waals surface area contributed by atoms with Crippen molar-refractivity contribution in [3.8, 4) is 0 Å². The molecule has 0 aliphatic rings. The van der Waals surface area contributed by atoms with E-state index in [0.29, 0.717) is 35.3 Å². The molecule has 0 saturated carbocycles. The predicted molar refractivity (Wildman–Crippen MR) is 114 cm³/mol. The van der Waals surface area contributed by atoms with Crippen LogP contribution in [-0.2, 0) is 21.8 Å². The van der Waals surface area contributed by atoms with Crippen LogP contribution >= 0.6 is 34.7 Å². The lowest BCUT2D eigenvalue weighted by Gasteiger charge is -2.05. The molecule has 3 aromatic rings. The highest BCUT2D eigenvalue weighted by Crippen LogP contribution is 2.22. The van der Waals surface area contributed by atoms with E-state index in [4.69, 9.17) is 16.3 Å². The van der Waals surface area contributed by atoms with Crippen LogP contribution in [0.4, 0.5) is 0 Å². The summed E-state index contributed by atoms with van der Waals surface area (Å²) in [4.78, 5) is 17.4. The Morgan fingerprint density at radius 3 is 2.85 bits per heavy atom. The highest BCUT2D eigenvalue weighted by atomic mass is 35.5. The van der Waals surface area contributed by atoms with E-state index in [-0.39, 0.29) is 5.91 Å². The molecule has 0 radical (unpaired) electrons. The van der Waals surface area contributed by atoms with Gasteiger partial charge in [-0.25, -0.2) is 0 Å². The molecule has 4 nitrogen and oxygen atoms in total. The van der Waals surface area contributed by atoms with Gasteiger partial charge in [0.05, 0.1) is 22.6 Å². The monoisotopic (exact) mass is 420 g/mol. The van der Waals surface area contributed by atoms with Gasteiger partial charge in [0.1, 0.15) is 0 Å². The number of benzene rings is 2. The highest BCUT2D eigenvalue weighted by Gasteiger charge is 2.09. The molecule has 0 fully saturated rings. The van der Waals surface area contributed by atoms with E-state index >= 15 is 0 Å². The van der Waals surface area contributed by atoms with Crippen molar-refractivity contribution < 1.29 is 9.53 Å². The van der Waals surface area contributed by atoms with Gasteiger partial charge in [-0.1, -0.05) is 53.3 Å². The molecule has 3 rings (SSSR count). The summed E-state index contributed by atoms with van der Waals surface area (Å²) in [6.07, 6.45) is 0. The number of hydrogen-bond donors (Lipinski definition) is 0. The fourth-order valence-electron chi connectivity index (χ4n) is 2.62. The standard InChI is InChI=1S/C20H21ClN2O2S2/c1-2-25-11-10-23-17-9-8-16(21)12-18(17)27-20(23)22-19(24)14-26-13-15-6-4-3-5-7-15/h3-9,12H,2,10-11,13-14H2,1H3. The third-order valence-electron chi connectivity index (χ3n) is 3.87. The average molecular weight is 421 g/mol. The summed E-state index contributed by atoms with van der Waals surface area (Å²) in [5.41, 5.74) is 2.23. The van der Waals surface area contributed by atoms with E-state index < -0.39 is 0 Å². The van der Waals surface area contributed by atoms with E-state index in [1.165, 1.54) is 16.9 Å². The molecule has 0 aliphatic carbocycles. The predicted octanol–water partition coefficient (Wildman–Crippen LogP) is 4.75. The topological polar surface area (TPSA) is 43.6 Å². The molecule has 1 heterocycles. The maximum atomic E-state index is 12.4.